The summed E-state index contributed by atoms with van der Waals surface area (Å²) in [7, 11) is -2.40. The van der Waals surface area contributed by atoms with Gasteiger partial charge in [0, 0.05) is 29.5 Å². The summed E-state index contributed by atoms with van der Waals surface area (Å²) in [6.45, 7) is 4.54. The van der Waals surface area contributed by atoms with Gasteiger partial charge in [0.2, 0.25) is 0 Å². The number of nitrogens with one attached hydrogen (secondary N) is 2. The van der Waals surface area contributed by atoms with Crippen LogP contribution in [-0.4, -0.2) is 28.1 Å². The molecule has 0 aliphatic carbocycles. The van der Waals surface area contributed by atoms with Gasteiger partial charge >= 0.3 is 5.97 Å². The van der Waals surface area contributed by atoms with Crippen molar-refractivity contribution in [2.24, 2.45) is 5.92 Å². The van der Waals surface area contributed by atoms with E-state index in [1.165, 1.54) is 7.11 Å². The number of benzene rings is 3. The van der Waals surface area contributed by atoms with Crippen LogP contribution in [0, 0.1) is 19.8 Å². The second-order valence-electron chi connectivity index (χ2n) is 9.13. The molecule has 2 aliphatic rings. The van der Waals surface area contributed by atoms with Gasteiger partial charge in [-0.15, -0.1) is 0 Å². The van der Waals surface area contributed by atoms with Crippen molar-refractivity contribution < 1.29 is 22.7 Å². The Bertz CT molecular complexity index is 1390. The maximum Gasteiger partial charge on any atom is 0.337 e. The van der Waals surface area contributed by atoms with Crippen LogP contribution in [0.15, 0.2) is 65.6 Å². The minimum absolute atomic E-state index is 0.0159. The van der Waals surface area contributed by atoms with Crippen molar-refractivity contribution in [2.45, 2.75) is 37.3 Å². The Balaban J connectivity index is 1.44. The summed E-state index contributed by atoms with van der Waals surface area (Å²) in [5.74, 6) is -0.235. The minimum atomic E-state index is -3.76. The number of hydrogen-bond acceptors (Lipinski definition) is 6. The first-order valence-electron chi connectivity index (χ1n) is 11.6. The first-order chi connectivity index (χ1) is 16.8. The largest absolute Gasteiger partial charge is 0.465 e. The zero-order chi connectivity index (χ0) is 24.7. The predicted molar refractivity (Wildman–Crippen MR) is 134 cm³/mol. The molecule has 3 aromatic carbocycles. The summed E-state index contributed by atoms with van der Waals surface area (Å²) < 4.78 is 39.9. The van der Waals surface area contributed by atoms with E-state index in [0.29, 0.717) is 17.9 Å². The highest BCUT2D eigenvalue weighted by Gasteiger charge is 2.42. The van der Waals surface area contributed by atoms with Gasteiger partial charge in [-0.05, 0) is 79.4 Å². The molecule has 1 fully saturated rings. The molecule has 2 N–H and O–H groups in total. The maximum atomic E-state index is 13.2. The van der Waals surface area contributed by atoms with Gasteiger partial charge in [-0.3, -0.25) is 4.72 Å². The topological polar surface area (TPSA) is 93.7 Å². The zero-order valence-corrected chi connectivity index (χ0v) is 20.7. The normalized spacial score (nSPS) is 20.9. The van der Waals surface area contributed by atoms with Crippen LogP contribution in [0.3, 0.4) is 0 Å². The van der Waals surface area contributed by atoms with Crippen LogP contribution in [-0.2, 0) is 19.5 Å². The molecule has 35 heavy (non-hydrogen) atoms. The number of carbonyl (C=O) groups excluding carboxylic acids is 1. The van der Waals surface area contributed by atoms with E-state index >= 15 is 0 Å². The van der Waals surface area contributed by atoms with Gasteiger partial charge < -0.3 is 14.8 Å². The van der Waals surface area contributed by atoms with Crippen molar-refractivity contribution in [1.29, 1.82) is 0 Å². The van der Waals surface area contributed by atoms with Gasteiger partial charge in [-0.25, -0.2) is 13.2 Å². The van der Waals surface area contributed by atoms with Crippen LogP contribution in [0.25, 0.3) is 0 Å². The Hall–Kier alpha value is -3.36. The lowest BCUT2D eigenvalue weighted by Gasteiger charge is -2.36. The van der Waals surface area contributed by atoms with Crippen LogP contribution >= 0.6 is 0 Å². The van der Waals surface area contributed by atoms with Crippen molar-refractivity contribution >= 4 is 27.4 Å². The Morgan fingerprint density at radius 2 is 1.80 bits per heavy atom. The molecule has 0 saturated carbocycles. The molecule has 3 atom stereocenters. The monoisotopic (exact) mass is 492 g/mol. The zero-order valence-electron chi connectivity index (χ0n) is 19.9. The second kappa shape index (κ2) is 9.02. The molecule has 5 rings (SSSR count). The molecule has 2 aliphatic heterocycles. The number of anilines is 2. The average molecular weight is 493 g/mol. The SMILES string of the molecule is COC(=O)c1ccc([C@H]2Nc3ccc(S(=O)(=O)Nc4ccc(C)c(C)c4)cc3[C@H]3OCC[C@@H]23)cc1. The van der Waals surface area contributed by atoms with Crippen LogP contribution in [0.1, 0.15) is 51.2 Å². The lowest BCUT2D eigenvalue weighted by Crippen LogP contribution is -2.29. The third-order valence-corrected chi connectivity index (χ3v) is 8.35. The molecule has 7 nitrogen and oxygen atoms in total. The molecule has 8 heteroatoms. The highest BCUT2D eigenvalue weighted by atomic mass is 32.2. The van der Waals surface area contributed by atoms with Crippen molar-refractivity contribution in [3.8, 4) is 0 Å². The van der Waals surface area contributed by atoms with Gasteiger partial charge in [0.25, 0.3) is 10.0 Å². The molecule has 0 unspecified atom stereocenters. The third kappa shape index (κ3) is 4.39. The third-order valence-electron chi connectivity index (χ3n) is 6.97. The van der Waals surface area contributed by atoms with Crippen LogP contribution in [0.2, 0.25) is 0 Å². The average Bonchev–Trinajstić information content (AvgIpc) is 3.35. The van der Waals surface area contributed by atoms with Crippen molar-refractivity contribution in [3.05, 3.63) is 88.5 Å². The van der Waals surface area contributed by atoms with E-state index in [9.17, 15) is 13.2 Å². The van der Waals surface area contributed by atoms with E-state index < -0.39 is 10.0 Å². The summed E-state index contributed by atoms with van der Waals surface area (Å²) in [5.41, 5.74) is 5.89. The Kier molecular flexibility index (Phi) is 6.02. The Labute approximate surface area is 205 Å². The standard InChI is InChI=1S/C27H28N2O5S/c1-16-4-9-20(14-17(16)2)29-35(31,32)21-10-11-24-23(15-21)26-22(12-13-34-26)25(28-24)18-5-7-19(8-6-18)27(30)33-3/h4-11,14-15,22,25-26,28-29H,12-13H2,1-3H3/t22-,25+,26-/m0/s1. The summed E-state index contributed by atoms with van der Waals surface area (Å²) in [5, 5.41) is 3.58. The van der Waals surface area contributed by atoms with Gasteiger partial charge in [-0.2, -0.15) is 0 Å². The predicted octanol–water partition coefficient (Wildman–Crippen LogP) is 5.14. The van der Waals surface area contributed by atoms with Gasteiger partial charge in [0.1, 0.15) is 0 Å². The molecule has 3 aromatic rings. The number of hydrogen-bond donors (Lipinski definition) is 2. The fraction of sp³-hybridized carbons (Fsp3) is 0.296. The summed E-state index contributed by atoms with van der Waals surface area (Å²) in [6, 6.07) is 18.0. The van der Waals surface area contributed by atoms with E-state index in [2.05, 4.69) is 10.0 Å². The summed E-state index contributed by atoms with van der Waals surface area (Å²) in [6.07, 6.45) is 0.631. The molecular weight excluding hydrogens is 464 g/mol. The Morgan fingerprint density at radius 3 is 2.51 bits per heavy atom. The molecule has 0 aromatic heterocycles. The molecule has 182 valence electrons. The first kappa shape index (κ1) is 23.4. The van der Waals surface area contributed by atoms with E-state index in [4.69, 9.17) is 9.47 Å². The first-order valence-corrected chi connectivity index (χ1v) is 13.1. The summed E-state index contributed by atoms with van der Waals surface area (Å²) >= 11 is 0. The number of rotatable bonds is 5. The highest BCUT2D eigenvalue weighted by molar-refractivity contribution is 7.92. The molecule has 0 bridgehead atoms. The molecule has 0 amide bonds. The molecular formula is C27H28N2O5S. The van der Waals surface area contributed by atoms with Gasteiger partial charge in [0.05, 0.1) is 29.7 Å². The Morgan fingerprint density at radius 1 is 1.03 bits per heavy atom. The van der Waals surface area contributed by atoms with Crippen molar-refractivity contribution in [3.63, 3.8) is 0 Å². The fourth-order valence-corrected chi connectivity index (χ4v) is 6.00. The number of ether oxygens (including phenoxy) is 2. The second-order valence-corrected chi connectivity index (χ2v) is 10.8. The molecule has 0 spiro atoms. The number of sulfonamides is 1. The maximum absolute atomic E-state index is 13.2. The van der Waals surface area contributed by atoms with E-state index in [0.717, 1.165) is 34.4 Å². The lowest BCUT2D eigenvalue weighted by molar-refractivity contribution is 0.0600. The van der Waals surface area contributed by atoms with Gasteiger partial charge in [-0.1, -0.05) is 18.2 Å². The van der Waals surface area contributed by atoms with E-state index in [-0.39, 0.29) is 28.9 Å². The van der Waals surface area contributed by atoms with Crippen molar-refractivity contribution in [2.75, 3.05) is 23.8 Å². The van der Waals surface area contributed by atoms with Crippen LogP contribution < -0.4 is 10.0 Å². The van der Waals surface area contributed by atoms with Crippen LogP contribution in [0.4, 0.5) is 11.4 Å². The number of esters is 1. The smallest absolute Gasteiger partial charge is 0.337 e. The van der Waals surface area contributed by atoms with Crippen molar-refractivity contribution in [1.82, 2.24) is 0 Å². The quantitative estimate of drug-likeness (QED) is 0.480. The molecule has 0 radical (unpaired) electrons. The van der Waals surface area contributed by atoms with E-state index in [1.54, 1.807) is 36.4 Å². The molecule has 1 saturated heterocycles. The number of fused-ring (bicyclic) bond motifs is 3. The number of carbonyl (C=O) groups is 1. The van der Waals surface area contributed by atoms with Crippen LogP contribution in [0.5, 0.6) is 0 Å². The van der Waals surface area contributed by atoms with E-state index in [1.807, 2.05) is 38.1 Å². The minimum Gasteiger partial charge on any atom is -0.465 e. The fourth-order valence-electron chi connectivity index (χ4n) is 4.91. The van der Waals surface area contributed by atoms with Gasteiger partial charge in [0.15, 0.2) is 0 Å². The highest BCUT2D eigenvalue weighted by Crippen LogP contribution is 2.50. The molecule has 2 heterocycles. The summed E-state index contributed by atoms with van der Waals surface area (Å²) in [4.78, 5) is 12.0. The number of methoxy groups -OCH3 is 1. The lowest BCUT2D eigenvalue weighted by atomic mass is 9.81. The number of aryl methyl sites for hydroxylation is 2.